The Labute approximate surface area is 117 Å². The van der Waals surface area contributed by atoms with Gasteiger partial charge >= 0.3 is 0 Å². The van der Waals surface area contributed by atoms with E-state index in [0.717, 1.165) is 31.6 Å². The van der Waals surface area contributed by atoms with Crippen molar-refractivity contribution < 1.29 is 9.47 Å². The van der Waals surface area contributed by atoms with Crippen LogP contribution in [-0.2, 0) is 9.47 Å². The van der Waals surface area contributed by atoms with E-state index < -0.39 is 0 Å². The summed E-state index contributed by atoms with van der Waals surface area (Å²) in [4.78, 5) is 2.20. The number of hydrogen-bond donors (Lipinski definition) is 0. The molecule has 0 radical (unpaired) electrons. The molecule has 0 N–H and O–H groups in total. The van der Waals surface area contributed by atoms with Crippen molar-refractivity contribution in [2.75, 3.05) is 31.2 Å². The lowest BCUT2D eigenvalue weighted by Gasteiger charge is -2.39. The van der Waals surface area contributed by atoms with Crippen molar-refractivity contribution >= 4 is 17.3 Å². The molecule has 19 heavy (non-hydrogen) atoms. The second-order valence-corrected chi connectivity index (χ2v) is 5.30. The Morgan fingerprint density at radius 2 is 1.89 bits per heavy atom. The second kappa shape index (κ2) is 5.01. The van der Waals surface area contributed by atoms with Gasteiger partial charge in [0, 0.05) is 31.0 Å². The maximum absolute atomic E-state index is 9.19. The van der Waals surface area contributed by atoms with E-state index >= 15 is 0 Å². The fraction of sp³-hybridized carbons (Fsp3) is 0.500. The summed E-state index contributed by atoms with van der Waals surface area (Å²) in [5, 5.41) is 9.79. The van der Waals surface area contributed by atoms with Gasteiger partial charge in [-0.2, -0.15) is 5.26 Å². The lowest BCUT2D eigenvalue weighted by molar-refractivity contribution is -0.169. The molecule has 0 unspecified atom stereocenters. The van der Waals surface area contributed by atoms with E-state index in [4.69, 9.17) is 21.1 Å². The minimum Gasteiger partial charge on any atom is -0.370 e. The monoisotopic (exact) mass is 278 g/mol. The fourth-order valence-corrected chi connectivity index (χ4v) is 2.92. The Morgan fingerprint density at radius 3 is 2.53 bits per heavy atom. The number of piperidine rings is 1. The van der Waals surface area contributed by atoms with E-state index in [-0.39, 0.29) is 5.79 Å². The Balaban J connectivity index is 1.77. The average Bonchev–Trinajstić information content (AvgIpc) is 2.88. The lowest BCUT2D eigenvalue weighted by Crippen LogP contribution is -2.45. The quantitative estimate of drug-likeness (QED) is 0.792. The van der Waals surface area contributed by atoms with Gasteiger partial charge < -0.3 is 14.4 Å². The first-order valence-electron chi connectivity index (χ1n) is 6.45. The highest BCUT2D eigenvalue weighted by molar-refractivity contribution is 6.30. The zero-order chi connectivity index (χ0) is 13.3. The molecule has 1 aromatic rings. The van der Waals surface area contributed by atoms with Gasteiger partial charge in [-0.3, -0.25) is 0 Å². The van der Waals surface area contributed by atoms with E-state index in [1.807, 2.05) is 12.1 Å². The normalized spacial score (nSPS) is 21.6. The molecule has 2 heterocycles. The van der Waals surface area contributed by atoms with E-state index in [1.165, 1.54) is 0 Å². The van der Waals surface area contributed by atoms with E-state index in [1.54, 1.807) is 6.07 Å². The molecule has 4 nitrogen and oxygen atoms in total. The number of nitriles is 1. The molecule has 0 bridgehead atoms. The lowest BCUT2D eigenvalue weighted by atomic mass is 10.0. The van der Waals surface area contributed by atoms with Crippen molar-refractivity contribution in [2.45, 2.75) is 18.6 Å². The van der Waals surface area contributed by atoms with Crippen LogP contribution in [0.15, 0.2) is 18.2 Å². The van der Waals surface area contributed by atoms with Crippen molar-refractivity contribution in [3.63, 3.8) is 0 Å². The number of ether oxygens (including phenoxy) is 2. The molecule has 2 saturated heterocycles. The molecular weight excluding hydrogens is 264 g/mol. The van der Waals surface area contributed by atoms with Crippen LogP contribution in [0.1, 0.15) is 18.4 Å². The molecule has 0 saturated carbocycles. The van der Waals surface area contributed by atoms with Crippen molar-refractivity contribution in [1.82, 2.24) is 0 Å². The smallest absolute Gasteiger partial charge is 0.171 e. The summed E-state index contributed by atoms with van der Waals surface area (Å²) in [7, 11) is 0. The van der Waals surface area contributed by atoms with Gasteiger partial charge in [-0.15, -0.1) is 0 Å². The fourth-order valence-electron chi connectivity index (χ4n) is 2.75. The molecule has 0 atom stereocenters. The largest absolute Gasteiger partial charge is 0.370 e. The third kappa shape index (κ3) is 2.42. The van der Waals surface area contributed by atoms with Crippen LogP contribution in [-0.4, -0.2) is 32.1 Å². The third-order valence-electron chi connectivity index (χ3n) is 3.76. The van der Waals surface area contributed by atoms with Gasteiger partial charge in [0.25, 0.3) is 0 Å². The van der Waals surface area contributed by atoms with Crippen molar-refractivity contribution in [1.29, 1.82) is 5.26 Å². The molecule has 100 valence electrons. The van der Waals surface area contributed by atoms with Crippen LogP contribution in [0.4, 0.5) is 5.69 Å². The highest BCUT2D eigenvalue weighted by Crippen LogP contribution is 2.34. The maximum Gasteiger partial charge on any atom is 0.171 e. The standard InChI is InChI=1S/C14H15ClN2O2/c15-12-1-2-13(11(9-12)10-16)17-5-3-14(4-6-17)18-7-8-19-14/h1-2,9H,3-8H2. The van der Waals surface area contributed by atoms with Gasteiger partial charge in [0.2, 0.25) is 0 Å². The number of nitrogens with zero attached hydrogens (tertiary/aromatic N) is 2. The molecule has 1 spiro atoms. The van der Waals surface area contributed by atoms with Gasteiger partial charge in [0.15, 0.2) is 5.79 Å². The minimum absolute atomic E-state index is 0.379. The molecule has 0 aromatic heterocycles. The van der Waals surface area contributed by atoms with Crippen molar-refractivity contribution in [3.05, 3.63) is 28.8 Å². The van der Waals surface area contributed by atoms with Crippen LogP contribution in [0.5, 0.6) is 0 Å². The van der Waals surface area contributed by atoms with Crippen LogP contribution in [0.2, 0.25) is 5.02 Å². The van der Waals surface area contributed by atoms with E-state index in [2.05, 4.69) is 11.0 Å². The average molecular weight is 279 g/mol. The van der Waals surface area contributed by atoms with Crippen LogP contribution in [0.3, 0.4) is 0 Å². The zero-order valence-electron chi connectivity index (χ0n) is 10.6. The summed E-state index contributed by atoms with van der Waals surface area (Å²) in [5.74, 6) is -0.379. The molecular formula is C14H15ClN2O2. The second-order valence-electron chi connectivity index (χ2n) is 4.87. The van der Waals surface area contributed by atoms with E-state index in [9.17, 15) is 5.26 Å². The first-order valence-corrected chi connectivity index (χ1v) is 6.83. The summed E-state index contributed by atoms with van der Waals surface area (Å²) >= 11 is 5.92. The van der Waals surface area contributed by atoms with Crippen molar-refractivity contribution in [2.24, 2.45) is 0 Å². The molecule has 2 aliphatic heterocycles. The van der Waals surface area contributed by atoms with Gasteiger partial charge in [0.1, 0.15) is 6.07 Å². The molecule has 2 aliphatic rings. The Kier molecular flexibility index (Phi) is 3.36. The Hall–Kier alpha value is -1.28. The summed E-state index contributed by atoms with van der Waals surface area (Å²) in [6, 6.07) is 7.65. The number of hydrogen-bond acceptors (Lipinski definition) is 4. The number of halogens is 1. The van der Waals surface area contributed by atoms with E-state index in [0.29, 0.717) is 23.8 Å². The maximum atomic E-state index is 9.19. The predicted octanol–water partition coefficient (Wildman–Crippen LogP) is 2.55. The summed E-state index contributed by atoms with van der Waals surface area (Å²) in [6.45, 7) is 3.03. The molecule has 0 amide bonds. The predicted molar refractivity (Wildman–Crippen MR) is 72.2 cm³/mol. The van der Waals surface area contributed by atoms with Gasteiger partial charge in [-0.05, 0) is 18.2 Å². The number of rotatable bonds is 1. The van der Waals surface area contributed by atoms with Crippen molar-refractivity contribution in [3.8, 4) is 6.07 Å². The first-order chi connectivity index (χ1) is 9.22. The number of anilines is 1. The third-order valence-corrected chi connectivity index (χ3v) is 3.99. The van der Waals surface area contributed by atoms with Crippen LogP contribution < -0.4 is 4.90 Å². The molecule has 1 aromatic carbocycles. The first kappa shape index (κ1) is 12.7. The van der Waals surface area contributed by atoms with Gasteiger partial charge in [-0.1, -0.05) is 11.6 Å². The topological polar surface area (TPSA) is 45.5 Å². The Morgan fingerprint density at radius 1 is 1.21 bits per heavy atom. The number of benzene rings is 1. The van der Waals surface area contributed by atoms with Gasteiger partial charge in [-0.25, -0.2) is 0 Å². The highest BCUT2D eigenvalue weighted by atomic mass is 35.5. The minimum atomic E-state index is -0.379. The van der Waals surface area contributed by atoms with Crippen LogP contribution in [0.25, 0.3) is 0 Å². The molecule has 2 fully saturated rings. The SMILES string of the molecule is N#Cc1cc(Cl)ccc1N1CCC2(CC1)OCCO2. The molecule has 3 rings (SSSR count). The van der Waals surface area contributed by atoms with Crippen LogP contribution >= 0.6 is 11.6 Å². The highest BCUT2D eigenvalue weighted by Gasteiger charge is 2.40. The summed E-state index contributed by atoms with van der Waals surface area (Å²) in [6.07, 6.45) is 1.67. The Bertz CT molecular complexity index is 511. The van der Waals surface area contributed by atoms with Crippen LogP contribution in [0, 0.1) is 11.3 Å². The summed E-state index contributed by atoms with van der Waals surface area (Å²) in [5.41, 5.74) is 1.57. The summed E-state index contributed by atoms with van der Waals surface area (Å²) < 4.78 is 11.4. The molecule has 0 aliphatic carbocycles. The molecule has 5 heteroatoms. The zero-order valence-corrected chi connectivity index (χ0v) is 11.3. The van der Waals surface area contributed by atoms with Gasteiger partial charge in [0.05, 0.1) is 24.5 Å².